The third-order valence-corrected chi connectivity index (χ3v) is 1.48. The second kappa shape index (κ2) is 1.90. The van der Waals surface area contributed by atoms with Crippen molar-refractivity contribution in [3.05, 3.63) is 24.1 Å². The summed E-state index contributed by atoms with van der Waals surface area (Å²) in [5, 5.41) is 0. The molecule has 0 amide bonds. The van der Waals surface area contributed by atoms with E-state index in [0.29, 0.717) is 0 Å². The summed E-state index contributed by atoms with van der Waals surface area (Å²) in [5.74, 6) is 1.62. The Bertz CT molecular complexity index is 177. The zero-order chi connectivity index (χ0) is 5.11. The van der Waals surface area contributed by atoms with Crippen LogP contribution in [0.4, 0.5) is 0 Å². The van der Waals surface area contributed by atoms with E-state index in [1.165, 1.54) is 0 Å². The summed E-state index contributed by atoms with van der Waals surface area (Å²) in [6.45, 7) is 0. The summed E-state index contributed by atoms with van der Waals surface area (Å²) in [6, 6.07) is 3.56. The smallest absolute Gasteiger partial charge is 0.182 e. The summed E-state index contributed by atoms with van der Waals surface area (Å²) in [4.78, 5) is 0. The molecule has 1 N–H and O–H groups in total. The molecule has 1 heterocycles. The van der Waals surface area contributed by atoms with Crippen molar-refractivity contribution in [3.8, 4) is 0 Å². The highest BCUT2D eigenvalue weighted by Gasteiger charge is 1.85. The van der Waals surface area contributed by atoms with Crippen molar-refractivity contribution in [2.24, 2.45) is 0 Å². The van der Waals surface area contributed by atoms with Gasteiger partial charge in [0.25, 0.3) is 0 Å². The van der Waals surface area contributed by atoms with Crippen LogP contribution < -0.4 is 0 Å². The molecule has 1 unspecified atom stereocenters. The fraction of sp³-hybridized carbons (Fsp3) is 0. The molecule has 1 aromatic rings. The first-order chi connectivity index (χ1) is 3.39. The number of hydrogen-bond donors (Lipinski definition) is 1. The van der Waals surface area contributed by atoms with E-state index in [0.717, 1.165) is 0 Å². The van der Waals surface area contributed by atoms with Crippen LogP contribution in [0.5, 0.6) is 0 Å². The fourth-order valence-corrected chi connectivity index (χ4v) is 0.918. The Hall–Kier alpha value is -0.620. The van der Waals surface area contributed by atoms with E-state index < -0.39 is 7.57 Å². The van der Waals surface area contributed by atoms with Gasteiger partial charge in [0.15, 0.2) is 5.80 Å². The Labute approximate surface area is 42.0 Å². The van der Waals surface area contributed by atoms with Gasteiger partial charge in [0.1, 0.15) is 0 Å². The maximum Gasteiger partial charge on any atom is 0.491 e. The quantitative estimate of drug-likeness (QED) is 0.547. The predicted octanol–water partition coefficient (Wildman–Crippen LogP) is 1.76. The van der Waals surface area contributed by atoms with Gasteiger partial charge in [-0.2, -0.15) is 4.75 Å². The SMILES string of the molecule is O=[p+]1cccc[nH]1. The van der Waals surface area contributed by atoms with Gasteiger partial charge >= 0.3 is 7.57 Å². The van der Waals surface area contributed by atoms with Crippen LogP contribution in [0.1, 0.15) is 0 Å². The average molecular weight is 114 g/mol. The van der Waals surface area contributed by atoms with Crippen molar-refractivity contribution in [3.63, 3.8) is 0 Å². The van der Waals surface area contributed by atoms with Gasteiger partial charge in [0, 0.05) is 6.20 Å². The number of H-pyrrole nitrogens is 1. The van der Waals surface area contributed by atoms with Crippen LogP contribution in [0.2, 0.25) is 0 Å². The number of aromatic nitrogens is 1. The molecule has 0 aliphatic rings. The third-order valence-electron chi connectivity index (χ3n) is 0.631. The first-order valence-corrected chi connectivity index (χ1v) is 3.28. The van der Waals surface area contributed by atoms with Gasteiger partial charge in [-0.25, -0.2) is 0 Å². The van der Waals surface area contributed by atoms with Crippen molar-refractivity contribution in [2.45, 2.75) is 0 Å². The first kappa shape index (κ1) is 4.54. The Morgan fingerprint density at radius 1 is 1.43 bits per heavy atom. The summed E-state index contributed by atoms with van der Waals surface area (Å²) in [7, 11) is -1.26. The highest BCUT2D eigenvalue weighted by atomic mass is 31.1. The summed E-state index contributed by atoms with van der Waals surface area (Å²) >= 11 is 0. The molecule has 0 aliphatic heterocycles. The van der Waals surface area contributed by atoms with Crippen LogP contribution in [0.15, 0.2) is 24.1 Å². The van der Waals surface area contributed by atoms with Gasteiger partial charge in [0.05, 0.1) is 0 Å². The van der Waals surface area contributed by atoms with Gasteiger partial charge in [-0.05, 0) is 16.7 Å². The van der Waals surface area contributed by atoms with E-state index >= 15 is 0 Å². The molecule has 0 bridgehead atoms. The Morgan fingerprint density at radius 2 is 2.29 bits per heavy atom. The fourth-order valence-electron chi connectivity index (χ4n) is 0.343. The van der Waals surface area contributed by atoms with Crippen LogP contribution in [-0.2, 0) is 4.57 Å². The lowest BCUT2D eigenvalue weighted by atomic mass is 10.7. The molecule has 0 aromatic carbocycles. The molecule has 7 heavy (non-hydrogen) atoms. The standard InChI is InChI=1S/C4H5NOP/c6-7-4-2-1-3-5-7/h1-4H,(H,5,6)/q+1. The Morgan fingerprint density at radius 3 is 2.57 bits per heavy atom. The van der Waals surface area contributed by atoms with Crippen LogP contribution in [-0.4, -0.2) is 4.75 Å². The van der Waals surface area contributed by atoms with Crippen LogP contribution in [0.3, 0.4) is 0 Å². The number of nitrogens with one attached hydrogen (secondary N) is 1. The molecular weight excluding hydrogens is 109 g/mol. The molecule has 0 radical (unpaired) electrons. The van der Waals surface area contributed by atoms with E-state index in [-0.39, 0.29) is 0 Å². The topological polar surface area (TPSA) is 32.9 Å². The molecule has 36 valence electrons. The normalized spacial score (nSPS) is 11.1. The van der Waals surface area contributed by atoms with Gasteiger partial charge < -0.3 is 0 Å². The highest BCUT2D eigenvalue weighted by Crippen LogP contribution is 2.01. The number of rotatable bonds is 0. The van der Waals surface area contributed by atoms with E-state index in [2.05, 4.69) is 4.75 Å². The number of aromatic amines is 1. The summed E-state index contributed by atoms with van der Waals surface area (Å²) < 4.78 is 13.0. The maximum atomic E-state index is 10.4. The lowest BCUT2D eigenvalue weighted by Crippen LogP contribution is -1.53. The average Bonchev–Trinajstić information content (AvgIpc) is 1.69. The van der Waals surface area contributed by atoms with E-state index in [4.69, 9.17) is 0 Å². The molecule has 0 saturated carbocycles. The van der Waals surface area contributed by atoms with Crippen molar-refractivity contribution >= 4 is 7.57 Å². The minimum Gasteiger partial charge on any atom is -0.182 e. The molecule has 0 fully saturated rings. The molecule has 1 atom stereocenters. The van der Waals surface area contributed by atoms with Crippen molar-refractivity contribution in [1.29, 1.82) is 0 Å². The van der Waals surface area contributed by atoms with Crippen LogP contribution >= 0.6 is 7.57 Å². The van der Waals surface area contributed by atoms with E-state index in [9.17, 15) is 4.57 Å². The molecule has 1 aromatic heterocycles. The predicted molar refractivity (Wildman–Crippen MR) is 28.4 cm³/mol. The monoisotopic (exact) mass is 114 g/mol. The maximum absolute atomic E-state index is 10.4. The van der Waals surface area contributed by atoms with Gasteiger partial charge in [-0.1, -0.05) is 0 Å². The highest BCUT2D eigenvalue weighted by molar-refractivity contribution is 7.31. The second-order valence-electron chi connectivity index (χ2n) is 1.16. The molecule has 0 saturated heterocycles. The van der Waals surface area contributed by atoms with Crippen molar-refractivity contribution in [2.75, 3.05) is 0 Å². The molecule has 0 spiro atoms. The molecule has 0 aliphatic carbocycles. The Kier molecular flexibility index (Phi) is 1.23. The third kappa shape index (κ3) is 1.13. The lowest BCUT2D eigenvalue weighted by Gasteiger charge is -1.61. The minimum absolute atomic E-state index is 1.26. The first-order valence-electron chi connectivity index (χ1n) is 1.95. The van der Waals surface area contributed by atoms with Crippen LogP contribution in [0.25, 0.3) is 0 Å². The van der Waals surface area contributed by atoms with E-state index in [1.807, 2.05) is 0 Å². The number of hydrogen-bond acceptors (Lipinski definition) is 1. The van der Waals surface area contributed by atoms with E-state index in [1.54, 1.807) is 24.1 Å². The molecule has 3 heteroatoms. The zero-order valence-corrected chi connectivity index (χ0v) is 4.56. The van der Waals surface area contributed by atoms with Gasteiger partial charge in [0.2, 0.25) is 0 Å². The summed E-state index contributed by atoms with van der Waals surface area (Å²) in [5.41, 5.74) is 0. The van der Waals surface area contributed by atoms with Crippen LogP contribution in [0, 0.1) is 0 Å². The van der Waals surface area contributed by atoms with Gasteiger partial charge in [-0.3, -0.25) is 0 Å². The van der Waals surface area contributed by atoms with Crippen molar-refractivity contribution in [1.82, 2.24) is 4.75 Å². The largest absolute Gasteiger partial charge is 0.491 e. The second-order valence-corrected chi connectivity index (χ2v) is 2.36. The molecule has 1 rings (SSSR count). The summed E-state index contributed by atoms with van der Waals surface area (Å²) in [6.07, 6.45) is 1.67. The Balaban J connectivity index is 3.28. The van der Waals surface area contributed by atoms with Gasteiger partial charge in [-0.15, -0.1) is 0 Å². The minimum atomic E-state index is -1.26. The zero-order valence-electron chi connectivity index (χ0n) is 3.66. The molecular formula is C4H5NOP+. The lowest BCUT2D eigenvalue weighted by molar-refractivity contribution is 0.597. The molecule has 2 nitrogen and oxygen atoms in total. The van der Waals surface area contributed by atoms with Crippen molar-refractivity contribution < 1.29 is 4.57 Å².